The molecule has 0 saturated carbocycles. The molecule has 2 rings (SSSR count). The molecule has 1 aromatic carbocycles. The number of likely N-dealkylation sites (N-methyl/N-ethyl adjacent to an activating group) is 1. The van der Waals surface area contributed by atoms with Crippen molar-refractivity contribution in [2.45, 2.75) is 12.7 Å². The molecule has 0 unspecified atom stereocenters. The fraction of sp³-hybridized carbons (Fsp3) is 0.308. The molecule has 2 aromatic rings. The van der Waals surface area contributed by atoms with Gasteiger partial charge in [-0.2, -0.15) is 18.2 Å². The van der Waals surface area contributed by atoms with Gasteiger partial charge >= 0.3 is 6.18 Å². The molecule has 6 nitrogen and oxygen atoms in total. The van der Waals surface area contributed by atoms with E-state index in [1.807, 2.05) is 0 Å². The summed E-state index contributed by atoms with van der Waals surface area (Å²) in [4.78, 5) is 16.3. The largest absolute Gasteiger partial charge is 0.416 e. The summed E-state index contributed by atoms with van der Waals surface area (Å²) in [6, 6.07) is 4.64. The first kappa shape index (κ1) is 16.0. The van der Waals surface area contributed by atoms with Gasteiger partial charge in [-0.1, -0.05) is 17.3 Å². The van der Waals surface area contributed by atoms with Crippen LogP contribution in [0.2, 0.25) is 0 Å². The van der Waals surface area contributed by atoms with E-state index in [0.29, 0.717) is 0 Å². The van der Waals surface area contributed by atoms with Gasteiger partial charge in [-0.05, 0) is 19.2 Å². The number of rotatable bonds is 5. The van der Waals surface area contributed by atoms with Crippen LogP contribution in [0.15, 0.2) is 28.8 Å². The van der Waals surface area contributed by atoms with Crippen molar-refractivity contribution >= 4 is 5.91 Å². The third kappa shape index (κ3) is 4.04. The van der Waals surface area contributed by atoms with E-state index >= 15 is 0 Å². The molecular formula is C13H13F3N4O2. The molecule has 0 atom stereocenters. The average molecular weight is 314 g/mol. The van der Waals surface area contributed by atoms with Gasteiger partial charge in [0.2, 0.25) is 17.6 Å². The second-order valence-electron chi connectivity index (χ2n) is 4.73. The Bertz CT molecular complexity index is 669. The molecule has 0 spiro atoms. The number of hydrogen-bond acceptors (Lipinski definition) is 5. The van der Waals surface area contributed by atoms with Crippen LogP contribution in [-0.4, -0.2) is 34.5 Å². The van der Waals surface area contributed by atoms with Crippen molar-refractivity contribution in [3.05, 3.63) is 35.7 Å². The van der Waals surface area contributed by atoms with Crippen LogP contribution in [0.3, 0.4) is 0 Å². The normalized spacial score (nSPS) is 11.9. The van der Waals surface area contributed by atoms with Gasteiger partial charge in [0, 0.05) is 5.56 Å². The minimum atomic E-state index is -4.44. The number of carbonyl (C=O) groups excluding carboxylic acids is 1. The summed E-state index contributed by atoms with van der Waals surface area (Å²) in [5, 5.41) is 3.65. The fourth-order valence-corrected chi connectivity index (χ4v) is 1.82. The number of hydrogen-bond donors (Lipinski definition) is 1. The molecule has 118 valence electrons. The summed E-state index contributed by atoms with van der Waals surface area (Å²) in [6.45, 7) is 0.163. The lowest BCUT2D eigenvalue weighted by molar-refractivity contribution is -0.137. The lowest BCUT2D eigenvalue weighted by Gasteiger charge is -2.10. The van der Waals surface area contributed by atoms with E-state index in [-0.39, 0.29) is 30.4 Å². The Morgan fingerprint density at radius 3 is 2.77 bits per heavy atom. The highest BCUT2D eigenvalue weighted by molar-refractivity contribution is 5.75. The van der Waals surface area contributed by atoms with Gasteiger partial charge in [0.15, 0.2) is 0 Å². The van der Waals surface area contributed by atoms with E-state index in [0.717, 1.165) is 12.1 Å². The number of primary amides is 1. The molecule has 0 saturated heterocycles. The Kier molecular flexibility index (Phi) is 4.45. The molecule has 22 heavy (non-hydrogen) atoms. The number of benzene rings is 1. The van der Waals surface area contributed by atoms with Crippen LogP contribution in [0.25, 0.3) is 11.4 Å². The van der Waals surface area contributed by atoms with Crippen molar-refractivity contribution in [1.29, 1.82) is 0 Å². The average Bonchev–Trinajstić information content (AvgIpc) is 2.85. The molecule has 9 heteroatoms. The standard InChI is InChI=1S/C13H13F3N4O2/c1-20(6-10(17)21)7-11-18-12(19-22-11)8-3-2-4-9(5-8)13(14,15)16/h2-5H,6-7H2,1H3,(H2,17,21). The highest BCUT2D eigenvalue weighted by atomic mass is 19.4. The van der Waals surface area contributed by atoms with Gasteiger partial charge in [-0.25, -0.2) is 0 Å². The highest BCUT2D eigenvalue weighted by Gasteiger charge is 2.30. The molecule has 0 aliphatic rings. The van der Waals surface area contributed by atoms with E-state index in [2.05, 4.69) is 10.1 Å². The van der Waals surface area contributed by atoms with Crippen LogP contribution in [0.4, 0.5) is 13.2 Å². The van der Waals surface area contributed by atoms with Gasteiger partial charge in [0.1, 0.15) is 0 Å². The van der Waals surface area contributed by atoms with Crippen molar-refractivity contribution in [3.63, 3.8) is 0 Å². The quantitative estimate of drug-likeness (QED) is 0.907. The zero-order chi connectivity index (χ0) is 16.3. The molecule has 0 bridgehead atoms. The first-order valence-electron chi connectivity index (χ1n) is 6.23. The summed E-state index contributed by atoms with van der Waals surface area (Å²) in [5.74, 6) is -0.287. The first-order valence-corrected chi connectivity index (χ1v) is 6.23. The Morgan fingerprint density at radius 1 is 1.41 bits per heavy atom. The van der Waals surface area contributed by atoms with Gasteiger partial charge in [0.25, 0.3) is 0 Å². The zero-order valence-electron chi connectivity index (χ0n) is 11.6. The van der Waals surface area contributed by atoms with E-state index in [1.54, 1.807) is 11.9 Å². The van der Waals surface area contributed by atoms with E-state index in [4.69, 9.17) is 10.3 Å². The minimum absolute atomic E-state index is 0.00126. The van der Waals surface area contributed by atoms with Crippen LogP contribution in [0, 0.1) is 0 Å². The summed E-state index contributed by atoms with van der Waals surface area (Å²) in [7, 11) is 1.62. The van der Waals surface area contributed by atoms with E-state index < -0.39 is 17.6 Å². The van der Waals surface area contributed by atoms with Crippen LogP contribution in [0.1, 0.15) is 11.5 Å². The Labute approximate surface area is 123 Å². The van der Waals surface area contributed by atoms with Crippen molar-refractivity contribution in [3.8, 4) is 11.4 Å². The number of amides is 1. The maximum absolute atomic E-state index is 12.7. The van der Waals surface area contributed by atoms with E-state index in [1.165, 1.54) is 12.1 Å². The molecule has 1 amide bonds. The topological polar surface area (TPSA) is 85.2 Å². The SMILES string of the molecule is CN(CC(N)=O)Cc1nc(-c2cccc(C(F)(F)F)c2)no1. The van der Waals surface area contributed by atoms with Crippen molar-refractivity contribution in [2.24, 2.45) is 5.73 Å². The van der Waals surface area contributed by atoms with Gasteiger partial charge < -0.3 is 10.3 Å². The second kappa shape index (κ2) is 6.14. The maximum atomic E-state index is 12.7. The predicted molar refractivity (Wildman–Crippen MR) is 70.3 cm³/mol. The Balaban J connectivity index is 2.16. The molecule has 0 aliphatic heterocycles. The summed E-state index contributed by atoms with van der Waals surface area (Å²) < 4.78 is 43.0. The maximum Gasteiger partial charge on any atom is 0.416 e. The van der Waals surface area contributed by atoms with Gasteiger partial charge in [-0.15, -0.1) is 0 Å². The molecule has 1 heterocycles. The molecule has 0 aliphatic carbocycles. The second-order valence-corrected chi connectivity index (χ2v) is 4.73. The smallest absolute Gasteiger partial charge is 0.369 e. The van der Waals surface area contributed by atoms with Crippen molar-refractivity contribution in [1.82, 2.24) is 15.0 Å². The fourth-order valence-electron chi connectivity index (χ4n) is 1.82. The molecule has 0 fully saturated rings. The van der Waals surface area contributed by atoms with Crippen LogP contribution in [-0.2, 0) is 17.5 Å². The molecule has 2 N–H and O–H groups in total. The first-order chi connectivity index (χ1) is 10.3. The van der Waals surface area contributed by atoms with Crippen LogP contribution in [0.5, 0.6) is 0 Å². The van der Waals surface area contributed by atoms with Crippen molar-refractivity contribution in [2.75, 3.05) is 13.6 Å². The Hall–Kier alpha value is -2.42. The number of carbonyl (C=O) groups is 1. The number of halogens is 3. The number of aromatic nitrogens is 2. The number of nitrogens with two attached hydrogens (primary N) is 1. The lowest BCUT2D eigenvalue weighted by atomic mass is 10.1. The zero-order valence-corrected chi connectivity index (χ0v) is 11.6. The molecule has 0 radical (unpaired) electrons. The third-order valence-electron chi connectivity index (χ3n) is 2.75. The van der Waals surface area contributed by atoms with E-state index in [9.17, 15) is 18.0 Å². The minimum Gasteiger partial charge on any atom is -0.369 e. The summed E-state index contributed by atoms with van der Waals surface area (Å²) in [5.41, 5.74) is 4.45. The van der Waals surface area contributed by atoms with Crippen molar-refractivity contribution < 1.29 is 22.5 Å². The van der Waals surface area contributed by atoms with Crippen LogP contribution >= 0.6 is 0 Å². The number of nitrogens with zero attached hydrogens (tertiary/aromatic N) is 3. The Morgan fingerprint density at radius 2 is 2.14 bits per heavy atom. The summed E-state index contributed by atoms with van der Waals surface area (Å²) in [6.07, 6.45) is -4.44. The predicted octanol–water partition coefficient (Wildman–Crippen LogP) is 1.67. The third-order valence-corrected chi connectivity index (χ3v) is 2.75. The monoisotopic (exact) mass is 314 g/mol. The highest BCUT2D eigenvalue weighted by Crippen LogP contribution is 2.31. The van der Waals surface area contributed by atoms with Gasteiger partial charge in [-0.3, -0.25) is 9.69 Å². The molecule has 1 aromatic heterocycles. The van der Waals surface area contributed by atoms with Crippen LogP contribution < -0.4 is 5.73 Å². The summed E-state index contributed by atoms with van der Waals surface area (Å²) >= 11 is 0. The number of alkyl halides is 3. The molecular weight excluding hydrogens is 301 g/mol. The lowest BCUT2D eigenvalue weighted by Crippen LogP contribution is -2.30. The van der Waals surface area contributed by atoms with Gasteiger partial charge in [0.05, 0.1) is 18.7 Å².